The smallest absolute Gasteiger partial charge is 0.164 e. The fourth-order valence-electron chi connectivity index (χ4n) is 12.1. The Morgan fingerprint density at radius 1 is 0.197 bits per heavy atom. The van der Waals surface area contributed by atoms with Gasteiger partial charge in [-0.05, 0) is 91.0 Å². The standard InChI is InChI=1S/C69H43N7/c1-2-19-44(20-3-1)67-70-68(45-21-18-22-47(41-45)73-57-30-11-4-23-49(57)50-24-5-12-31-58(50)73)72-69(71-67)46-37-39-65(66(42-46)76-61-34-15-8-27-53(61)54-28-9-16-35-62(54)76)75-63-36-17-10-29-55(63)56-43-48(38-40-64(56)75)74-59-32-13-6-25-51(59)52-26-7-14-33-60(52)74/h1-43H. The predicted molar refractivity (Wildman–Crippen MR) is 313 cm³/mol. The largest absolute Gasteiger partial charge is 0.309 e. The highest BCUT2D eigenvalue weighted by Crippen LogP contribution is 2.42. The van der Waals surface area contributed by atoms with E-state index in [1.54, 1.807) is 0 Å². The van der Waals surface area contributed by atoms with Crippen molar-refractivity contribution in [1.82, 2.24) is 33.2 Å². The Morgan fingerprint density at radius 3 is 1.01 bits per heavy atom. The monoisotopic (exact) mass is 969 g/mol. The van der Waals surface area contributed by atoms with Gasteiger partial charge in [-0.2, -0.15) is 0 Å². The normalized spacial score (nSPS) is 11.9. The molecule has 0 bridgehead atoms. The molecule has 16 rings (SSSR count). The third kappa shape index (κ3) is 6.33. The van der Waals surface area contributed by atoms with Crippen LogP contribution in [0.25, 0.3) is 144 Å². The molecule has 0 spiro atoms. The zero-order chi connectivity index (χ0) is 49.8. The molecular weight excluding hydrogens is 927 g/mol. The summed E-state index contributed by atoms with van der Waals surface area (Å²) in [6, 6.07) is 93.4. The molecule has 0 saturated heterocycles. The summed E-state index contributed by atoms with van der Waals surface area (Å²) >= 11 is 0. The first-order valence-corrected chi connectivity index (χ1v) is 25.8. The van der Waals surface area contributed by atoms with Gasteiger partial charge in [0, 0.05) is 71.2 Å². The van der Waals surface area contributed by atoms with Crippen molar-refractivity contribution in [2.45, 2.75) is 0 Å². The van der Waals surface area contributed by atoms with Gasteiger partial charge >= 0.3 is 0 Å². The Balaban J connectivity index is 0.934. The maximum absolute atomic E-state index is 5.41. The minimum absolute atomic E-state index is 0.581. The lowest BCUT2D eigenvalue weighted by atomic mass is 10.1. The van der Waals surface area contributed by atoms with Crippen LogP contribution in [0.4, 0.5) is 0 Å². The number of aromatic nitrogens is 7. The van der Waals surface area contributed by atoms with Gasteiger partial charge in [-0.3, -0.25) is 0 Å². The van der Waals surface area contributed by atoms with Crippen molar-refractivity contribution in [3.8, 4) is 56.9 Å². The van der Waals surface area contributed by atoms with Gasteiger partial charge in [0.2, 0.25) is 0 Å². The minimum atomic E-state index is 0.581. The van der Waals surface area contributed by atoms with Crippen molar-refractivity contribution >= 4 is 87.2 Å². The summed E-state index contributed by atoms with van der Waals surface area (Å²) in [5.74, 6) is 1.78. The third-order valence-electron chi connectivity index (χ3n) is 15.4. The fraction of sp³-hybridized carbons (Fsp3) is 0. The highest BCUT2D eigenvalue weighted by atomic mass is 15.1. The van der Waals surface area contributed by atoms with E-state index >= 15 is 0 Å². The van der Waals surface area contributed by atoms with Crippen LogP contribution in [-0.2, 0) is 0 Å². The van der Waals surface area contributed by atoms with Crippen LogP contribution in [0.5, 0.6) is 0 Å². The van der Waals surface area contributed by atoms with E-state index < -0.39 is 0 Å². The van der Waals surface area contributed by atoms with E-state index in [1.807, 2.05) is 18.2 Å². The molecule has 11 aromatic carbocycles. The first-order valence-electron chi connectivity index (χ1n) is 25.8. The van der Waals surface area contributed by atoms with Crippen molar-refractivity contribution in [3.05, 3.63) is 261 Å². The van der Waals surface area contributed by atoms with Gasteiger partial charge in [0.25, 0.3) is 0 Å². The van der Waals surface area contributed by atoms with Crippen LogP contribution in [0.3, 0.4) is 0 Å². The van der Waals surface area contributed by atoms with Crippen molar-refractivity contribution in [2.24, 2.45) is 0 Å². The second-order valence-corrected chi connectivity index (χ2v) is 19.6. The molecule has 7 heteroatoms. The van der Waals surface area contributed by atoms with Crippen LogP contribution in [0.2, 0.25) is 0 Å². The molecular formula is C69H43N7. The number of nitrogens with zero attached hydrogens (tertiary/aromatic N) is 7. The molecule has 0 N–H and O–H groups in total. The first kappa shape index (κ1) is 42.2. The molecule has 0 aliphatic carbocycles. The van der Waals surface area contributed by atoms with Gasteiger partial charge in [-0.25, -0.2) is 15.0 Å². The van der Waals surface area contributed by atoms with Crippen LogP contribution in [0.15, 0.2) is 261 Å². The van der Waals surface area contributed by atoms with Crippen molar-refractivity contribution < 1.29 is 0 Å². The van der Waals surface area contributed by atoms with E-state index in [4.69, 9.17) is 15.0 Å². The molecule has 0 radical (unpaired) electrons. The molecule has 0 saturated carbocycles. The molecule has 0 atom stereocenters. The Bertz CT molecular complexity index is 4850. The summed E-state index contributed by atoms with van der Waals surface area (Å²) in [4.78, 5) is 16.0. The highest BCUT2D eigenvalue weighted by molar-refractivity contribution is 6.14. The van der Waals surface area contributed by atoms with Crippen LogP contribution in [0.1, 0.15) is 0 Å². The Hall–Kier alpha value is -10.4. The van der Waals surface area contributed by atoms with Gasteiger partial charge in [-0.15, -0.1) is 0 Å². The van der Waals surface area contributed by atoms with Gasteiger partial charge in [0.1, 0.15) is 0 Å². The van der Waals surface area contributed by atoms with E-state index in [1.165, 1.54) is 54.1 Å². The van der Waals surface area contributed by atoms with E-state index in [-0.39, 0.29) is 0 Å². The Kier molecular flexibility index (Phi) is 9.20. The number of hydrogen-bond acceptors (Lipinski definition) is 3. The summed E-state index contributed by atoms with van der Waals surface area (Å²) in [5, 5.41) is 9.62. The summed E-state index contributed by atoms with van der Waals surface area (Å²) in [6.45, 7) is 0. The summed E-state index contributed by atoms with van der Waals surface area (Å²) in [5.41, 5.74) is 16.0. The first-order chi connectivity index (χ1) is 37.7. The van der Waals surface area contributed by atoms with E-state index in [0.717, 1.165) is 72.5 Å². The van der Waals surface area contributed by atoms with Crippen molar-refractivity contribution in [2.75, 3.05) is 0 Å². The van der Waals surface area contributed by atoms with Gasteiger partial charge < -0.3 is 18.3 Å². The second-order valence-electron chi connectivity index (χ2n) is 19.6. The molecule has 5 heterocycles. The molecule has 16 aromatic rings. The van der Waals surface area contributed by atoms with Gasteiger partial charge in [0.05, 0.1) is 55.5 Å². The van der Waals surface area contributed by atoms with Gasteiger partial charge in [-0.1, -0.05) is 170 Å². The number of rotatable bonds is 7. The molecule has 0 fully saturated rings. The average Bonchev–Trinajstić information content (AvgIpc) is 4.30. The lowest BCUT2D eigenvalue weighted by Crippen LogP contribution is -2.05. The molecule has 0 unspecified atom stereocenters. The lowest BCUT2D eigenvalue weighted by molar-refractivity contribution is 1.06. The van der Waals surface area contributed by atoms with Crippen molar-refractivity contribution in [1.29, 1.82) is 0 Å². The number of hydrogen-bond donors (Lipinski definition) is 0. The van der Waals surface area contributed by atoms with Crippen LogP contribution in [-0.4, -0.2) is 33.2 Å². The lowest BCUT2D eigenvalue weighted by Gasteiger charge is -2.18. The van der Waals surface area contributed by atoms with Crippen molar-refractivity contribution in [3.63, 3.8) is 0 Å². The summed E-state index contributed by atoms with van der Waals surface area (Å²) in [6.07, 6.45) is 0. The van der Waals surface area contributed by atoms with E-state index in [9.17, 15) is 0 Å². The summed E-state index contributed by atoms with van der Waals surface area (Å²) < 4.78 is 9.61. The third-order valence-corrected chi connectivity index (χ3v) is 15.4. The average molecular weight is 970 g/mol. The van der Waals surface area contributed by atoms with Crippen LogP contribution >= 0.6 is 0 Å². The highest BCUT2D eigenvalue weighted by Gasteiger charge is 2.23. The maximum Gasteiger partial charge on any atom is 0.164 e. The van der Waals surface area contributed by atoms with Crippen LogP contribution in [0, 0.1) is 0 Å². The minimum Gasteiger partial charge on any atom is -0.309 e. The topological polar surface area (TPSA) is 58.4 Å². The molecule has 0 amide bonds. The Morgan fingerprint density at radius 2 is 0.539 bits per heavy atom. The predicted octanol–water partition coefficient (Wildman–Crippen LogP) is 17.3. The number of benzene rings is 11. The van der Waals surface area contributed by atoms with E-state index in [2.05, 4.69) is 261 Å². The second kappa shape index (κ2) is 16.6. The zero-order valence-corrected chi connectivity index (χ0v) is 41.0. The molecule has 7 nitrogen and oxygen atoms in total. The molecule has 0 aliphatic heterocycles. The SMILES string of the molecule is c1ccc(-c2nc(-c3cccc(-n4c5ccccc5c5ccccc54)c3)nc(-c3ccc(-n4c5ccccc5c5cc(-n6c7ccccc7c7ccccc76)ccc54)c(-n4c5ccccc5c5ccccc54)c3)n2)cc1. The van der Waals surface area contributed by atoms with Crippen LogP contribution < -0.4 is 0 Å². The number of para-hydroxylation sites is 7. The fourth-order valence-corrected chi connectivity index (χ4v) is 12.1. The summed E-state index contributed by atoms with van der Waals surface area (Å²) in [7, 11) is 0. The molecule has 76 heavy (non-hydrogen) atoms. The number of fused-ring (bicyclic) bond motifs is 12. The molecule has 5 aromatic heterocycles. The van der Waals surface area contributed by atoms with Gasteiger partial charge in [0.15, 0.2) is 17.5 Å². The zero-order valence-electron chi connectivity index (χ0n) is 41.0. The molecule has 354 valence electrons. The quantitative estimate of drug-likeness (QED) is 0.160. The molecule has 0 aliphatic rings. The van der Waals surface area contributed by atoms with E-state index in [0.29, 0.717) is 17.5 Å². The Labute approximate surface area is 436 Å². The maximum atomic E-state index is 5.41.